The summed E-state index contributed by atoms with van der Waals surface area (Å²) in [6, 6.07) is 11.4. The molecule has 0 aliphatic carbocycles. The lowest BCUT2D eigenvalue weighted by Crippen LogP contribution is -2.21. The number of nitrogens with one attached hydrogen (secondary N) is 2. The van der Waals surface area contributed by atoms with Crippen LogP contribution in [0, 0.1) is 0 Å². The smallest absolute Gasteiger partial charge is 0.180 e. The lowest BCUT2D eigenvalue weighted by molar-refractivity contribution is 0.284. The van der Waals surface area contributed by atoms with Crippen molar-refractivity contribution in [3.63, 3.8) is 0 Å². The highest BCUT2D eigenvalue weighted by atomic mass is 35.5. The molecule has 0 fully saturated rings. The van der Waals surface area contributed by atoms with Crippen LogP contribution in [0.2, 0.25) is 10.0 Å². The van der Waals surface area contributed by atoms with Gasteiger partial charge in [0.1, 0.15) is 6.61 Å². The molecule has 2 rings (SSSR count). The summed E-state index contributed by atoms with van der Waals surface area (Å²) in [6.07, 6.45) is 1.08. The van der Waals surface area contributed by atoms with Crippen LogP contribution in [0.4, 0.5) is 0 Å². The monoisotopic (exact) mass is 468 g/mol. The summed E-state index contributed by atoms with van der Waals surface area (Å²) in [7, 11) is 1.61. The number of halogens is 4. The van der Waals surface area contributed by atoms with Crippen molar-refractivity contribution in [3.8, 4) is 11.5 Å². The summed E-state index contributed by atoms with van der Waals surface area (Å²) >= 11 is 12.6. The van der Waals surface area contributed by atoms with Gasteiger partial charge in [-0.25, -0.2) is 0 Å². The molecule has 0 atom stereocenters. The highest BCUT2D eigenvalue weighted by Crippen LogP contribution is 2.37. The van der Waals surface area contributed by atoms with Crippen molar-refractivity contribution in [1.29, 1.82) is 0 Å². The molecule has 4 nitrogen and oxygen atoms in total. The van der Waals surface area contributed by atoms with E-state index in [9.17, 15) is 0 Å². The van der Waals surface area contributed by atoms with E-state index in [4.69, 9.17) is 32.7 Å². The van der Waals surface area contributed by atoms with E-state index in [1.54, 1.807) is 7.11 Å². The Morgan fingerprint density at radius 2 is 1.68 bits per heavy atom. The summed E-state index contributed by atoms with van der Waals surface area (Å²) in [4.78, 5) is 0. The number of hydrogen-bond acceptors (Lipinski definition) is 4. The molecule has 2 N–H and O–H groups in total. The van der Waals surface area contributed by atoms with Crippen LogP contribution in [0.5, 0.6) is 11.5 Å². The number of hydrogen-bond donors (Lipinski definition) is 2. The molecule has 0 spiro atoms. The van der Waals surface area contributed by atoms with E-state index >= 15 is 0 Å². The lowest BCUT2D eigenvalue weighted by Gasteiger charge is -2.15. The van der Waals surface area contributed by atoms with Gasteiger partial charge in [-0.05, 0) is 49.8 Å². The van der Waals surface area contributed by atoms with E-state index in [0.29, 0.717) is 28.2 Å². The fourth-order valence-electron chi connectivity index (χ4n) is 2.53. The van der Waals surface area contributed by atoms with Gasteiger partial charge in [-0.15, -0.1) is 24.8 Å². The fraction of sp³-hybridized carbons (Fsp3) is 0.400. The van der Waals surface area contributed by atoms with Gasteiger partial charge in [0.25, 0.3) is 0 Å². The quantitative estimate of drug-likeness (QED) is 0.425. The van der Waals surface area contributed by atoms with Gasteiger partial charge in [0, 0.05) is 17.1 Å². The first-order valence-corrected chi connectivity index (χ1v) is 9.55. The van der Waals surface area contributed by atoms with Gasteiger partial charge in [0.05, 0.1) is 12.1 Å². The average molecular weight is 470 g/mol. The van der Waals surface area contributed by atoms with Crippen molar-refractivity contribution >= 4 is 48.0 Å². The minimum Gasteiger partial charge on any atom is -0.493 e. The van der Waals surface area contributed by atoms with Crippen LogP contribution in [0.25, 0.3) is 0 Å². The zero-order valence-corrected chi connectivity index (χ0v) is 19.2. The molecule has 2 aromatic carbocycles. The van der Waals surface area contributed by atoms with E-state index in [-0.39, 0.29) is 24.8 Å². The van der Waals surface area contributed by atoms with Crippen molar-refractivity contribution in [3.05, 3.63) is 57.6 Å². The Morgan fingerprint density at radius 1 is 0.964 bits per heavy atom. The Labute approximate surface area is 190 Å². The fourth-order valence-corrected chi connectivity index (χ4v) is 3.01. The van der Waals surface area contributed by atoms with E-state index in [0.717, 1.165) is 43.7 Å². The third-order valence-electron chi connectivity index (χ3n) is 3.91. The molecule has 0 aliphatic heterocycles. The minimum atomic E-state index is 0. The Balaban J connectivity index is 0.00000364. The van der Waals surface area contributed by atoms with Gasteiger partial charge in [-0.1, -0.05) is 48.3 Å². The first-order chi connectivity index (χ1) is 12.7. The number of benzene rings is 2. The molecule has 2 aromatic rings. The summed E-state index contributed by atoms with van der Waals surface area (Å²) < 4.78 is 11.3. The van der Waals surface area contributed by atoms with Gasteiger partial charge in [0.2, 0.25) is 0 Å². The maximum Gasteiger partial charge on any atom is 0.180 e. The molecule has 0 aromatic heterocycles. The van der Waals surface area contributed by atoms with E-state index in [1.165, 1.54) is 0 Å². The number of methoxy groups -OCH3 is 1. The zero-order valence-electron chi connectivity index (χ0n) is 16.1. The highest BCUT2D eigenvalue weighted by Gasteiger charge is 2.13. The molecule has 158 valence electrons. The molecular formula is C20H28Cl4N2O2. The molecule has 28 heavy (non-hydrogen) atoms. The molecule has 8 heteroatoms. The van der Waals surface area contributed by atoms with Gasteiger partial charge in [-0.2, -0.15) is 0 Å². The van der Waals surface area contributed by atoms with E-state index < -0.39 is 0 Å². The predicted molar refractivity (Wildman–Crippen MR) is 123 cm³/mol. The van der Waals surface area contributed by atoms with Crippen molar-refractivity contribution < 1.29 is 9.47 Å². The predicted octanol–water partition coefficient (Wildman–Crippen LogP) is 5.51. The summed E-state index contributed by atoms with van der Waals surface area (Å²) in [6.45, 7) is 6.13. The van der Waals surface area contributed by atoms with Crippen molar-refractivity contribution in [1.82, 2.24) is 10.6 Å². The van der Waals surface area contributed by atoms with Crippen molar-refractivity contribution in [2.24, 2.45) is 0 Å². The SMILES string of the molecule is CCNCCCNCc1cc(Cl)c(OCc2ccccc2Cl)c(OC)c1.Cl.Cl. The van der Waals surface area contributed by atoms with Crippen LogP contribution in [0.1, 0.15) is 24.5 Å². The van der Waals surface area contributed by atoms with Crippen LogP contribution in [-0.2, 0) is 13.2 Å². The average Bonchev–Trinajstić information content (AvgIpc) is 2.64. The second-order valence-electron chi connectivity index (χ2n) is 5.87. The van der Waals surface area contributed by atoms with Crippen molar-refractivity contribution in [2.45, 2.75) is 26.5 Å². The molecule has 0 aliphatic rings. The molecule has 0 saturated heterocycles. The normalized spacial score (nSPS) is 10.0. The van der Waals surface area contributed by atoms with Crippen LogP contribution in [-0.4, -0.2) is 26.7 Å². The third-order valence-corrected chi connectivity index (χ3v) is 4.55. The van der Waals surface area contributed by atoms with Crippen LogP contribution >= 0.6 is 48.0 Å². The topological polar surface area (TPSA) is 42.5 Å². The number of ether oxygens (including phenoxy) is 2. The first kappa shape index (κ1) is 27.1. The molecule has 0 saturated carbocycles. The second kappa shape index (κ2) is 15.0. The summed E-state index contributed by atoms with van der Waals surface area (Å²) in [5.74, 6) is 1.15. The van der Waals surface area contributed by atoms with E-state index in [1.807, 2.05) is 36.4 Å². The minimum absolute atomic E-state index is 0. The Kier molecular flexibility index (Phi) is 14.6. The summed E-state index contributed by atoms with van der Waals surface area (Å²) in [5, 5.41) is 7.91. The Hall–Kier alpha value is -0.880. The van der Waals surface area contributed by atoms with Gasteiger partial charge in [-0.3, -0.25) is 0 Å². The molecule has 0 unspecified atom stereocenters. The number of rotatable bonds is 11. The molecule has 0 heterocycles. The Morgan fingerprint density at radius 3 is 2.36 bits per heavy atom. The third kappa shape index (κ3) is 8.64. The van der Waals surface area contributed by atoms with Gasteiger partial charge >= 0.3 is 0 Å². The molecule has 0 bridgehead atoms. The summed E-state index contributed by atoms with van der Waals surface area (Å²) in [5.41, 5.74) is 1.96. The zero-order chi connectivity index (χ0) is 18.8. The Bertz CT molecular complexity index is 702. The first-order valence-electron chi connectivity index (χ1n) is 8.79. The second-order valence-corrected chi connectivity index (χ2v) is 6.69. The lowest BCUT2D eigenvalue weighted by atomic mass is 10.2. The molecule has 0 radical (unpaired) electrons. The van der Waals surface area contributed by atoms with Crippen LogP contribution < -0.4 is 20.1 Å². The van der Waals surface area contributed by atoms with E-state index in [2.05, 4.69) is 17.6 Å². The molecule has 0 amide bonds. The van der Waals surface area contributed by atoms with Gasteiger partial charge in [0.15, 0.2) is 11.5 Å². The maximum atomic E-state index is 6.42. The van der Waals surface area contributed by atoms with Gasteiger partial charge < -0.3 is 20.1 Å². The standard InChI is InChI=1S/C20H26Cl2N2O2.2ClH/c1-3-23-9-6-10-24-13-15-11-18(22)20(19(12-15)25-2)26-14-16-7-4-5-8-17(16)21;;/h4-5,7-8,11-12,23-24H,3,6,9-10,13-14H2,1-2H3;2*1H. The van der Waals surface area contributed by atoms with Crippen LogP contribution in [0.15, 0.2) is 36.4 Å². The van der Waals surface area contributed by atoms with Crippen molar-refractivity contribution in [2.75, 3.05) is 26.7 Å². The highest BCUT2D eigenvalue weighted by molar-refractivity contribution is 6.32. The maximum absolute atomic E-state index is 6.42. The largest absolute Gasteiger partial charge is 0.493 e. The van der Waals surface area contributed by atoms with Crippen LogP contribution in [0.3, 0.4) is 0 Å². The molecular weight excluding hydrogens is 442 g/mol.